The molecule has 0 atom stereocenters. The number of β-amino-alcohol motifs (C(OH)–C–C–N with tert-alkyl or cyclic N) is 1. The minimum absolute atomic E-state index is 0.0347. The van der Waals surface area contributed by atoms with Crippen molar-refractivity contribution in [2.75, 3.05) is 39.3 Å². The Labute approximate surface area is 171 Å². The molecule has 1 saturated heterocycles. The monoisotopic (exact) mass is 410 g/mol. The van der Waals surface area contributed by atoms with E-state index in [0.717, 1.165) is 46.3 Å². The first-order chi connectivity index (χ1) is 14.1. The van der Waals surface area contributed by atoms with Gasteiger partial charge in [-0.1, -0.05) is 0 Å². The fraction of sp³-hybridized carbons (Fsp3) is 0.350. The number of benzene rings is 1. The predicted octanol–water partition coefficient (Wildman–Crippen LogP) is 2.00. The van der Waals surface area contributed by atoms with E-state index in [2.05, 4.69) is 14.9 Å². The number of carbonyl (C=O) groups is 1. The SMILES string of the molecule is Cc1nc2sccn2c1-c1nc2ccc(C(=O)N3CCN(CCO)CC3)cc2[nH]1. The second kappa shape index (κ2) is 7.25. The Morgan fingerprint density at radius 1 is 1.24 bits per heavy atom. The molecular formula is C20H22N6O2S. The predicted molar refractivity (Wildman–Crippen MR) is 112 cm³/mol. The summed E-state index contributed by atoms with van der Waals surface area (Å²) in [4.78, 5) is 30.6. The highest BCUT2D eigenvalue weighted by Gasteiger charge is 2.22. The number of hydrogen-bond acceptors (Lipinski definition) is 6. The number of hydrogen-bond donors (Lipinski definition) is 2. The van der Waals surface area contributed by atoms with E-state index in [1.807, 2.05) is 46.0 Å². The molecule has 8 nitrogen and oxygen atoms in total. The Kier molecular flexibility index (Phi) is 4.57. The van der Waals surface area contributed by atoms with Gasteiger partial charge in [0.15, 0.2) is 10.8 Å². The largest absolute Gasteiger partial charge is 0.395 e. The number of thiazole rings is 1. The summed E-state index contributed by atoms with van der Waals surface area (Å²) < 4.78 is 2.04. The summed E-state index contributed by atoms with van der Waals surface area (Å²) in [6, 6.07) is 5.63. The number of aromatic amines is 1. The molecule has 1 aliphatic heterocycles. The van der Waals surface area contributed by atoms with Crippen molar-refractivity contribution >= 4 is 33.2 Å². The van der Waals surface area contributed by atoms with Gasteiger partial charge in [0.1, 0.15) is 5.69 Å². The minimum atomic E-state index is 0.0347. The molecule has 4 aromatic rings. The number of aryl methyl sites for hydroxylation is 1. The first-order valence-corrected chi connectivity index (χ1v) is 10.6. The molecule has 9 heteroatoms. The van der Waals surface area contributed by atoms with E-state index in [-0.39, 0.29) is 12.5 Å². The molecule has 3 aromatic heterocycles. The van der Waals surface area contributed by atoms with Crippen LogP contribution in [0.5, 0.6) is 0 Å². The van der Waals surface area contributed by atoms with Crippen LogP contribution in [0.25, 0.3) is 27.5 Å². The zero-order valence-electron chi connectivity index (χ0n) is 16.1. The standard InChI is InChI=1S/C20H22N6O2S/c1-13-17(26-9-11-29-20(26)21-13)18-22-15-3-2-14(12-16(15)23-18)19(28)25-6-4-24(5-7-25)8-10-27/h2-3,9,11-12,27H,4-8,10H2,1H3,(H,22,23). The average molecular weight is 411 g/mol. The maximum atomic E-state index is 12.9. The molecule has 29 heavy (non-hydrogen) atoms. The van der Waals surface area contributed by atoms with Gasteiger partial charge in [-0.15, -0.1) is 11.3 Å². The zero-order chi connectivity index (χ0) is 20.0. The van der Waals surface area contributed by atoms with Crippen molar-refractivity contribution in [3.63, 3.8) is 0 Å². The summed E-state index contributed by atoms with van der Waals surface area (Å²) in [6.07, 6.45) is 1.99. The van der Waals surface area contributed by atoms with Crippen molar-refractivity contribution in [3.05, 3.63) is 41.0 Å². The lowest BCUT2D eigenvalue weighted by Crippen LogP contribution is -2.49. The summed E-state index contributed by atoms with van der Waals surface area (Å²) in [6.45, 7) is 5.73. The summed E-state index contributed by atoms with van der Waals surface area (Å²) >= 11 is 1.59. The van der Waals surface area contributed by atoms with Gasteiger partial charge in [-0.3, -0.25) is 14.1 Å². The van der Waals surface area contributed by atoms with E-state index in [4.69, 9.17) is 10.1 Å². The number of nitrogens with one attached hydrogen (secondary N) is 1. The van der Waals surface area contributed by atoms with Crippen molar-refractivity contribution in [2.45, 2.75) is 6.92 Å². The molecule has 0 saturated carbocycles. The lowest BCUT2D eigenvalue weighted by atomic mass is 10.1. The molecule has 1 aromatic carbocycles. The number of aromatic nitrogens is 4. The van der Waals surface area contributed by atoms with Crippen molar-refractivity contribution < 1.29 is 9.90 Å². The fourth-order valence-electron chi connectivity index (χ4n) is 3.93. The van der Waals surface area contributed by atoms with E-state index in [1.165, 1.54) is 0 Å². The number of rotatable bonds is 4. The van der Waals surface area contributed by atoms with E-state index in [9.17, 15) is 4.79 Å². The van der Waals surface area contributed by atoms with Crippen LogP contribution in [0.3, 0.4) is 0 Å². The van der Waals surface area contributed by atoms with Crippen LogP contribution in [0.2, 0.25) is 0 Å². The normalized spacial score (nSPS) is 15.6. The molecule has 0 radical (unpaired) electrons. The number of piperazine rings is 1. The van der Waals surface area contributed by atoms with Crippen molar-refractivity contribution in [1.29, 1.82) is 0 Å². The molecule has 0 spiro atoms. The minimum Gasteiger partial charge on any atom is -0.395 e. The van der Waals surface area contributed by atoms with Crippen LogP contribution in [0.15, 0.2) is 29.8 Å². The van der Waals surface area contributed by atoms with Gasteiger partial charge in [-0.25, -0.2) is 9.97 Å². The highest BCUT2D eigenvalue weighted by atomic mass is 32.1. The highest BCUT2D eigenvalue weighted by Crippen LogP contribution is 2.27. The van der Waals surface area contributed by atoms with E-state index in [1.54, 1.807) is 11.3 Å². The molecule has 1 fully saturated rings. The Morgan fingerprint density at radius 2 is 2.07 bits per heavy atom. The first kappa shape index (κ1) is 18.3. The molecule has 0 unspecified atom stereocenters. The third kappa shape index (κ3) is 3.21. The van der Waals surface area contributed by atoms with E-state index < -0.39 is 0 Å². The average Bonchev–Trinajstić information content (AvgIpc) is 3.41. The maximum Gasteiger partial charge on any atom is 0.254 e. The molecule has 1 amide bonds. The molecule has 4 heterocycles. The second-order valence-corrected chi connectivity index (χ2v) is 8.15. The summed E-state index contributed by atoms with van der Waals surface area (Å²) in [7, 11) is 0. The van der Waals surface area contributed by atoms with Crippen LogP contribution in [-0.2, 0) is 0 Å². The number of amides is 1. The third-order valence-electron chi connectivity index (χ3n) is 5.47. The number of imidazole rings is 2. The van der Waals surface area contributed by atoms with Gasteiger partial charge in [0.2, 0.25) is 0 Å². The second-order valence-electron chi connectivity index (χ2n) is 7.28. The first-order valence-electron chi connectivity index (χ1n) is 9.69. The van der Waals surface area contributed by atoms with E-state index in [0.29, 0.717) is 25.2 Å². The Hall–Kier alpha value is -2.75. The lowest BCUT2D eigenvalue weighted by Gasteiger charge is -2.34. The number of carbonyl (C=O) groups excluding carboxylic acids is 1. The van der Waals surface area contributed by atoms with Crippen LogP contribution in [-0.4, -0.2) is 79.5 Å². The van der Waals surface area contributed by atoms with Crippen molar-refractivity contribution in [1.82, 2.24) is 29.2 Å². The van der Waals surface area contributed by atoms with Crippen LogP contribution >= 0.6 is 11.3 Å². The number of aliphatic hydroxyl groups excluding tert-OH is 1. The molecule has 2 N–H and O–H groups in total. The number of nitrogens with zero attached hydrogens (tertiary/aromatic N) is 5. The summed E-state index contributed by atoms with van der Waals surface area (Å²) in [5.41, 5.74) is 4.20. The van der Waals surface area contributed by atoms with Crippen LogP contribution in [0, 0.1) is 6.92 Å². The van der Waals surface area contributed by atoms with Gasteiger partial charge in [-0.2, -0.15) is 0 Å². The van der Waals surface area contributed by atoms with Crippen molar-refractivity contribution in [2.24, 2.45) is 0 Å². The molecular weight excluding hydrogens is 388 g/mol. The van der Waals surface area contributed by atoms with E-state index >= 15 is 0 Å². The fourth-order valence-corrected chi connectivity index (χ4v) is 4.69. The quantitative estimate of drug-likeness (QED) is 0.537. The van der Waals surface area contributed by atoms with Crippen molar-refractivity contribution in [3.8, 4) is 11.5 Å². The maximum absolute atomic E-state index is 12.9. The van der Waals surface area contributed by atoms with Gasteiger partial charge in [0.05, 0.1) is 23.3 Å². The summed E-state index contributed by atoms with van der Waals surface area (Å²) in [5, 5.41) is 11.1. The molecule has 1 aliphatic rings. The summed E-state index contributed by atoms with van der Waals surface area (Å²) in [5.74, 6) is 0.790. The molecule has 5 rings (SSSR count). The Balaban J connectivity index is 1.42. The Morgan fingerprint density at radius 3 is 2.86 bits per heavy atom. The molecule has 0 aliphatic carbocycles. The topological polar surface area (TPSA) is 89.8 Å². The zero-order valence-corrected chi connectivity index (χ0v) is 16.9. The molecule has 150 valence electrons. The van der Waals surface area contributed by atoms with Crippen LogP contribution < -0.4 is 0 Å². The van der Waals surface area contributed by atoms with Gasteiger partial charge in [0.25, 0.3) is 5.91 Å². The smallest absolute Gasteiger partial charge is 0.254 e. The van der Waals surface area contributed by atoms with Gasteiger partial charge < -0.3 is 15.0 Å². The highest BCUT2D eigenvalue weighted by molar-refractivity contribution is 7.15. The lowest BCUT2D eigenvalue weighted by molar-refractivity contribution is 0.0615. The molecule has 0 bridgehead atoms. The van der Waals surface area contributed by atoms with Crippen LogP contribution in [0.1, 0.15) is 16.1 Å². The van der Waals surface area contributed by atoms with Crippen LogP contribution in [0.4, 0.5) is 0 Å². The number of H-pyrrole nitrogens is 1. The third-order valence-corrected chi connectivity index (χ3v) is 6.22. The van der Waals surface area contributed by atoms with Gasteiger partial charge >= 0.3 is 0 Å². The number of fused-ring (bicyclic) bond motifs is 2. The van der Waals surface area contributed by atoms with Gasteiger partial charge in [-0.05, 0) is 25.1 Å². The van der Waals surface area contributed by atoms with Gasteiger partial charge in [0, 0.05) is 49.9 Å². The Bertz CT molecular complexity index is 1180. The number of aliphatic hydroxyl groups is 1.